The Morgan fingerprint density at radius 1 is 1.00 bits per heavy atom. The van der Waals surface area contributed by atoms with Crippen LogP contribution in [0.5, 0.6) is 5.75 Å². The summed E-state index contributed by atoms with van der Waals surface area (Å²) in [5.41, 5.74) is 0.800. The molecule has 0 heterocycles. The zero-order valence-corrected chi connectivity index (χ0v) is 11.6. The summed E-state index contributed by atoms with van der Waals surface area (Å²) in [7, 11) is 0. The normalized spacial score (nSPS) is 10.3. The van der Waals surface area contributed by atoms with Crippen LogP contribution < -0.4 is 4.74 Å². The molecular weight excluding hydrogens is 224 g/mol. The molecule has 0 saturated carbocycles. The van der Waals surface area contributed by atoms with Crippen LogP contribution in [-0.2, 0) is 0 Å². The molecule has 0 bridgehead atoms. The molecule has 2 nitrogen and oxygen atoms in total. The fourth-order valence-electron chi connectivity index (χ4n) is 1.75. The zero-order valence-electron chi connectivity index (χ0n) is 11.6. The van der Waals surface area contributed by atoms with Crippen LogP contribution in [0.4, 0.5) is 0 Å². The number of ketones is 1. The fraction of sp³-hybridized carbons (Fsp3) is 0.562. The van der Waals surface area contributed by atoms with Gasteiger partial charge >= 0.3 is 0 Å². The van der Waals surface area contributed by atoms with E-state index in [1.54, 1.807) is 0 Å². The molecule has 0 fully saturated rings. The maximum absolute atomic E-state index is 11.9. The Bertz CT molecular complexity index is 341. The van der Waals surface area contributed by atoms with Crippen molar-refractivity contribution < 1.29 is 9.53 Å². The molecule has 1 rings (SSSR count). The first-order valence-electron chi connectivity index (χ1n) is 7.04. The molecular formula is C16H24O2. The second kappa shape index (κ2) is 8.73. The van der Waals surface area contributed by atoms with E-state index in [2.05, 4.69) is 13.8 Å². The second-order valence-corrected chi connectivity index (χ2v) is 4.61. The van der Waals surface area contributed by atoms with Gasteiger partial charge in [0.15, 0.2) is 5.78 Å². The van der Waals surface area contributed by atoms with Gasteiger partial charge in [0.05, 0.1) is 6.61 Å². The number of hydrogen-bond acceptors (Lipinski definition) is 2. The summed E-state index contributed by atoms with van der Waals surface area (Å²) in [6.07, 6.45) is 6.13. The standard InChI is InChI=1S/C16H24O2/c1-3-5-7-8-16(17)14-9-11-15(12-10-14)18-13-6-4-2/h9-12H,3-8,13H2,1-2H3. The van der Waals surface area contributed by atoms with E-state index in [1.807, 2.05) is 24.3 Å². The van der Waals surface area contributed by atoms with E-state index in [-0.39, 0.29) is 5.78 Å². The van der Waals surface area contributed by atoms with E-state index >= 15 is 0 Å². The molecule has 2 heteroatoms. The lowest BCUT2D eigenvalue weighted by Gasteiger charge is -2.06. The predicted molar refractivity (Wildman–Crippen MR) is 75.3 cm³/mol. The predicted octanol–water partition coefficient (Wildman–Crippen LogP) is 4.63. The largest absolute Gasteiger partial charge is 0.494 e. The Kier molecular flexibility index (Phi) is 7.16. The molecule has 0 N–H and O–H groups in total. The van der Waals surface area contributed by atoms with Crippen LogP contribution in [0.1, 0.15) is 62.7 Å². The minimum Gasteiger partial charge on any atom is -0.494 e. The molecule has 0 aliphatic rings. The summed E-state index contributed by atoms with van der Waals surface area (Å²) in [6.45, 7) is 5.04. The van der Waals surface area contributed by atoms with E-state index in [0.717, 1.165) is 50.0 Å². The summed E-state index contributed by atoms with van der Waals surface area (Å²) >= 11 is 0. The summed E-state index contributed by atoms with van der Waals surface area (Å²) in [5.74, 6) is 1.09. The number of hydrogen-bond donors (Lipinski definition) is 0. The highest BCUT2D eigenvalue weighted by Gasteiger charge is 2.05. The minimum atomic E-state index is 0.239. The Hall–Kier alpha value is -1.31. The number of benzene rings is 1. The van der Waals surface area contributed by atoms with Crippen LogP contribution in [0, 0.1) is 0 Å². The first-order valence-corrected chi connectivity index (χ1v) is 7.04. The van der Waals surface area contributed by atoms with Gasteiger partial charge in [0.25, 0.3) is 0 Å². The number of ether oxygens (including phenoxy) is 1. The molecule has 18 heavy (non-hydrogen) atoms. The van der Waals surface area contributed by atoms with Crippen molar-refractivity contribution in [1.82, 2.24) is 0 Å². The van der Waals surface area contributed by atoms with Gasteiger partial charge in [0.2, 0.25) is 0 Å². The summed E-state index contributed by atoms with van der Waals surface area (Å²) in [6, 6.07) is 7.52. The SMILES string of the molecule is CCCCCC(=O)c1ccc(OCCCC)cc1. The highest BCUT2D eigenvalue weighted by Crippen LogP contribution is 2.15. The lowest BCUT2D eigenvalue weighted by Crippen LogP contribution is -2.00. The summed E-state index contributed by atoms with van der Waals surface area (Å²) < 4.78 is 5.57. The van der Waals surface area contributed by atoms with Crippen molar-refractivity contribution in [3.63, 3.8) is 0 Å². The molecule has 0 atom stereocenters. The first kappa shape index (κ1) is 14.7. The monoisotopic (exact) mass is 248 g/mol. The van der Waals surface area contributed by atoms with Gasteiger partial charge in [-0.1, -0.05) is 33.1 Å². The van der Waals surface area contributed by atoms with Crippen LogP contribution in [-0.4, -0.2) is 12.4 Å². The van der Waals surface area contributed by atoms with Crippen molar-refractivity contribution in [2.45, 2.75) is 52.4 Å². The maximum Gasteiger partial charge on any atom is 0.162 e. The van der Waals surface area contributed by atoms with Crippen LogP contribution >= 0.6 is 0 Å². The third kappa shape index (κ3) is 5.35. The lowest BCUT2D eigenvalue weighted by atomic mass is 10.0. The highest BCUT2D eigenvalue weighted by molar-refractivity contribution is 5.96. The van der Waals surface area contributed by atoms with Crippen molar-refractivity contribution in [3.8, 4) is 5.75 Å². The Labute approximate surface area is 110 Å². The van der Waals surface area contributed by atoms with Crippen molar-refractivity contribution in [2.75, 3.05) is 6.61 Å². The average Bonchev–Trinajstić information content (AvgIpc) is 2.40. The van der Waals surface area contributed by atoms with Crippen molar-refractivity contribution >= 4 is 5.78 Å². The van der Waals surface area contributed by atoms with E-state index < -0.39 is 0 Å². The van der Waals surface area contributed by atoms with Gasteiger partial charge in [0.1, 0.15) is 5.75 Å². The van der Waals surface area contributed by atoms with Gasteiger partial charge in [-0.25, -0.2) is 0 Å². The first-order chi connectivity index (χ1) is 8.77. The van der Waals surface area contributed by atoms with Gasteiger partial charge in [0, 0.05) is 12.0 Å². The van der Waals surface area contributed by atoms with E-state index in [1.165, 1.54) is 0 Å². The van der Waals surface area contributed by atoms with Gasteiger partial charge in [-0.05, 0) is 37.1 Å². The van der Waals surface area contributed by atoms with Gasteiger partial charge in [-0.3, -0.25) is 4.79 Å². The van der Waals surface area contributed by atoms with Gasteiger partial charge in [-0.15, -0.1) is 0 Å². The fourth-order valence-corrected chi connectivity index (χ4v) is 1.75. The number of rotatable bonds is 9. The molecule has 100 valence electrons. The van der Waals surface area contributed by atoms with Crippen LogP contribution in [0.25, 0.3) is 0 Å². The van der Waals surface area contributed by atoms with Crippen LogP contribution in [0.2, 0.25) is 0 Å². The topological polar surface area (TPSA) is 26.3 Å². The second-order valence-electron chi connectivity index (χ2n) is 4.61. The number of carbonyl (C=O) groups excluding carboxylic acids is 1. The van der Waals surface area contributed by atoms with Crippen LogP contribution in [0.15, 0.2) is 24.3 Å². The summed E-state index contributed by atoms with van der Waals surface area (Å²) in [4.78, 5) is 11.9. The molecule has 0 aliphatic heterocycles. The highest BCUT2D eigenvalue weighted by atomic mass is 16.5. The number of Topliss-reactive ketones (excluding diaryl/α,β-unsaturated/α-hetero) is 1. The van der Waals surface area contributed by atoms with E-state index in [9.17, 15) is 4.79 Å². The Balaban J connectivity index is 2.41. The van der Waals surface area contributed by atoms with Gasteiger partial charge < -0.3 is 4.74 Å². The summed E-state index contributed by atoms with van der Waals surface area (Å²) in [5, 5.41) is 0. The molecule has 0 amide bonds. The average molecular weight is 248 g/mol. The van der Waals surface area contributed by atoms with Gasteiger partial charge in [-0.2, -0.15) is 0 Å². The van der Waals surface area contributed by atoms with E-state index in [4.69, 9.17) is 4.74 Å². The Morgan fingerprint density at radius 2 is 1.67 bits per heavy atom. The zero-order chi connectivity index (χ0) is 13.2. The van der Waals surface area contributed by atoms with Crippen molar-refractivity contribution in [3.05, 3.63) is 29.8 Å². The molecule has 0 unspecified atom stereocenters. The van der Waals surface area contributed by atoms with Crippen molar-refractivity contribution in [1.29, 1.82) is 0 Å². The molecule has 0 spiro atoms. The van der Waals surface area contributed by atoms with E-state index in [0.29, 0.717) is 6.42 Å². The molecule has 1 aromatic carbocycles. The quantitative estimate of drug-likeness (QED) is 0.470. The van der Waals surface area contributed by atoms with Crippen molar-refractivity contribution in [2.24, 2.45) is 0 Å². The number of carbonyl (C=O) groups is 1. The smallest absolute Gasteiger partial charge is 0.162 e. The maximum atomic E-state index is 11.9. The van der Waals surface area contributed by atoms with Crippen LogP contribution in [0.3, 0.4) is 0 Å². The Morgan fingerprint density at radius 3 is 2.28 bits per heavy atom. The minimum absolute atomic E-state index is 0.239. The lowest BCUT2D eigenvalue weighted by molar-refractivity contribution is 0.0979. The molecule has 0 aliphatic carbocycles. The molecule has 1 aromatic rings. The molecule has 0 aromatic heterocycles. The third-order valence-electron chi connectivity index (χ3n) is 2.95. The molecule has 0 saturated heterocycles. The third-order valence-corrected chi connectivity index (χ3v) is 2.95. The molecule has 0 radical (unpaired) electrons. The number of unbranched alkanes of at least 4 members (excludes halogenated alkanes) is 3.